The van der Waals surface area contributed by atoms with Gasteiger partial charge in [0.1, 0.15) is 12.4 Å². The molecule has 0 saturated heterocycles. The van der Waals surface area contributed by atoms with Crippen molar-refractivity contribution in [2.45, 2.75) is 20.0 Å². The summed E-state index contributed by atoms with van der Waals surface area (Å²) >= 11 is 8.13. The molecule has 0 aliphatic heterocycles. The predicted molar refractivity (Wildman–Crippen MR) is 148 cm³/mol. The number of nitrogens with one attached hydrogen (secondary N) is 1. The van der Waals surface area contributed by atoms with Gasteiger partial charge in [-0.15, -0.1) is 6.58 Å². The summed E-state index contributed by atoms with van der Waals surface area (Å²) in [5.41, 5.74) is 5.65. The van der Waals surface area contributed by atoms with E-state index in [2.05, 4.69) is 39.7 Å². The Morgan fingerprint density at radius 1 is 1.11 bits per heavy atom. The second-order valence-electron chi connectivity index (χ2n) is 7.40. The minimum Gasteiger partial charge on any atom is -0.496 e. The van der Waals surface area contributed by atoms with E-state index in [0.29, 0.717) is 47.5 Å². The molecule has 0 unspecified atom stereocenters. The average Bonchev–Trinajstić information content (AvgIpc) is 2.85. The molecule has 0 fully saturated rings. The number of hydrogen-bond donors (Lipinski definition) is 1. The molecule has 6 nitrogen and oxygen atoms in total. The van der Waals surface area contributed by atoms with E-state index in [-0.39, 0.29) is 5.91 Å². The van der Waals surface area contributed by atoms with Crippen molar-refractivity contribution in [3.63, 3.8) is 0 Å². The van der Waals surface area contributed by atoms with E-state index in [0.717, 1.165) is 20.3 Å². The van der Waals surface area contributed by atoms with Gasteiger partial charge in [-0.05, 0) is 89.5 Å². The van der Waals surface area contributed by atoms with Crippen LogP contribution in [0.2, 0.25) is 5.02 Å². The van der Waals surface area contributed by atoms with E-state index in [1.807, 2.05) is 49.4 Å². The molecule has 0 aliphatic carbocycles. The smallest absolute Gasteiger partial charge is 0.271 e. The molecule has 1 N–H and O–H groups in total. The highest BCUT2D eigenvalue weighted by molar-refractivity contribution is 14.1. The molecule has 1 amide bonds. The fourth-order valence-electron chi connectivity index (χ4n) is 3.26. The molecule has 0 atom stereocenters. The number of benzene rings is 3. The van der Waals surface area contributed by atoms with Crippen molar-refractivity contribution >= 4 is 46.3 Å². The Hall–Kier alpha value is -3.04. The number of hydrogen-bond acceptors (Lipinski definition) is 5. The van der Waals surface area contributed by atoms with Gasteiger partial charge in [0.2, 0.25) is 0 Å². The van der Waals surface area contributed by atoms with Gasteiger partial charge in [-0.25, -0.2) is 5.43 Å². The van der Waals surface area contributed by atoms with E-state index >= 15 is 0 Å². The van der Waals surface area contributed by atoms with Crippen LogP contribution in [0.3, 0.4) is 0 Å². The van der Waals surface area contributed by atoms with Gasteiger partial charge < -0.3 is 14.2 Å². The molecule has 0 radical (unpaired) electrons. The minimum atomic E-state index is -0.338. The van der Waals surface area contributed by atoms with Gasteiger partial charge in [0.05, 0.1) is 23.5 Å². The summed E-state index contributed by atoms with van der Waals surface area (Å²) in [6, 6.07) is 16.5. The fraction of sp³-hybridized carbons (Fsp3) is 0.185. The summed E-state index contributed by atoms with van der Waals surface area (Å²) in [5.74, 6) is 1.53. The summed E-state index contributed by atoms with van der Waals surface area (Å²) < 4.78 is 18.2. The Labute approximate surface area is 224 Å². The number of rotatable bonds is 11. The summed E-state index contributed by atoms with van der Waals surface area (Å²) in [5, 5.41) is 4.80. The van der Waals surface area contributed by atoms with Gasteiger partial charge in [-0.3, -0.25) is 4.79 Å². The number of methoxy groups -OCH3 is 1. The average molecular weight is 605 g/mol. The van der Waals surface area contributed by atoms with Crippen LogP contribution >= 0.6 is 34.2 Å². The first-order valence-corrected chi connectivity index (χ1v) is 12.4. The Bertz CT molecular complexity index is 1210. The van der Waals surface area contributed by atoms with Crippen LogP contribution in [0.1, 0.15) is 34.0 Å². The van der Waals surface area contributed by atoms with E-state index in [1.165, 1.54) is 0 Å². The molecule has 8 heteroatoms. The van der Waals surface area contributed by atoms with Gasteiger partial charge in [-0.2, -0.15) is 5.10 Å². The summed E-state index contributed by atoms with van der Waals surface area (Å²) in [4.78, 5) is 12.5. The molecule has 182 valence electrons. The van der Waals surface area contributed by atoms with Gasteiger partial charge in [0.15, 0.2) is 11.5 Å². The third kappa shape index (κ3) is 7.47. The molecular formula is C27H26ClIN2O4. The fourth-order valence-corrected chi connectivity index (χ4v) is 3.94. The third-order valence-electron chi connectivity index (χ3n) is 4.91. The maximum Gasteiger partial charge on any atom is 0.271 e. The maximum absolute atomic E-state index is 12.5. The van der Waals surface area contributed by atoms with E-state index in [4.69, 9.17) is 25.8 Å². The monoisotopic (exact) mass is 604 g/mol. The van der Waals surface area contributed by atoms with Crippen LogP contribution in [0.15, 0.2) is 72.4 Å². The summed E-state index contributed by atoms with van der Waals surface area (Å²) in [6.07, 6.45) is 3.94. The number of carbonyl (C=O) groups is 1. The first-order valence-electron chi connectivity index (χ1n) is 10.9. The third-order valence-corrected chi connectivity index (χ3v) is 6.05. The first kappa shape index (κ1) is 26.6. The SMILES string of the molecule is C=CCc1cc(/C=N\NC(=O)c2ccc(I)c(OC)c2)cc(OCC)c1OCc1ccc(Cl)cc1. The number of nitrogens with zero attached hydrogens (tertiary/aromatic N) is 1. The minimum absolute atomic E-state index is 0.338. The molecule has 0 aliphatic rings. The van der Waals surface area contributed by atoms with Crippen molar-refractivity contribution in [3.8, 4) is 17.2 Å². The number of amides is 1. The molecule has 3 aromatic carbocycles. The number of halogens is 2. The van der Waals surface area contributed by atoms with E-state index in [1.54, 1.807) is 31.5 Å². The Balaban J connectivity index is 1.80. The highest BCUT2D eigenvalue weighted by Crippen LogP contribution is 2.34. The second-order valence-corrected chi connectivity index (χ2v) is 9.00. The molecule has 3 rings (SSSR count). The number of carbonyl (C=O) groups excluding carboxylic acids is 1. The maximum atomic E-state index is 12.5. The molecule has 0 spiro atoms. The summed E-state index contributed by atoms with van der Waals surface area (Å²) in [6.45, 7) is 6.60. The lowest BCUT2D eigenvalue weighted by atomic mass is 10.1. The van der Waals surface area contributed by atoms with Crippen molar-refractivity contribution < 1.29 is 19.0 Å². The van der Waals surface area contributed by atoms with Crippen LogP contribution in [-0.2, 0) is 13.0 Å². The number of allylic oxidation sites excluding steroid dienone is 1. The van der Waals surface area contributed by atoms with Gasteiger partial charge in [0, 0.05) is 16.1 Å². The van der Waals surface area contributed by atoms with Crippen molar-refractivity contribution in [1.82, 2.24) is 5.43 Å². The van der Waals surface area contributed by atoms with E-state index in [9.17, 15) is 4.79 Å². The largest absolute Gasteiger partial charge is 0.496 e. The molecule has 0 heterocycles. The highest BCUT2D eigenvalue weighted by Gasteiger charge is 2.14. The van der Waals surface area contributed by atoms with Crippen molar-refractivity contribution in [3.05, 3.63) is 98.1 Å². The highest BCUT2D eigenvalue weighted by atomic mass is 127. The topological polar surface area (TPSA) is 69.2 Å². The zero-order chi connectivity index (χ0) is 25.2. The van der Waals surface area contributed by atoms with Crippen molar-refractivity contribution in [2.24, 2.45) is 5.10 Å². The van der Waals surface area contributed by atoms with Gasteiger partial charge in [-0.1, -0.05) is 29.8 Å². The lowest BCUT2D eigenvalue weighted by Crippen LogP contribution is -2.17. The number of hydrazone groups is 1. The van der Waals surface area contributed by atoms with Crippen LogP contribution in [0, 0.1) is 3.57 Å². The summed E-state index contributed by atoms with van der Waals surface area (Å²) in [7, 11) is 1.57. The van der Waals surface area contributed by atoms with Crippen molar-refractivity contribution in [2.75, 3.05) is 13.7 Å². The quantitative estimate of drug-likeness (QED) is 0.119. The van der Waals surface area contributed by atoms with Crippen LogP contribution in [-0.4, -0.2) is 25.8 Å². The lowest BCUT2D eigenvalue weighted by Gasteiger charge is -2.17. The zero-order valence-electron chi connectivity index (χ0n) is 19.5. The van der Waals surface area contributed by atoms with Crippen LogP contribution in [0.5, 0.6) is 17.2 Å². The molecule has 0 bridgehead atoms. The number of ether oxygens (including phenoxy) is 3. The Morgan fingerprint density at radius 2 is 1.89 bits per heavy atom. The molecule has 0 saturated carbocycles. The van der Waals surface area contributed by atoms with Crippen LogP contribution in [0.4, 0.5) is 0 Å². The first-order chi connectivity index (χ1) is 16.9. The zero-order valence-corrected chi connectivity index (χ0v) is 22.4. The Morgan fingerprint density at radius 3 is 2.57 bits per heavy atom. The van der Waals surface area contributed by atoms with Crippen LogP contribution < -0.4 is 19.6 Å². The molecule has 3 aromatic rings. The van der Waals surface area contributed by atoms with Crippen LogP contribution in [0.25, 0.3) is 0 Å². The van der Waals surface area contributed by atoms with E-state index < -0.39 is 0 Å². The normalized spacial score (nSPS) is 10.7. The molecule has 35 heavy (non-hydrogen) atoms. The molecule has 0 aromatic heterocycles. The standard InChI is InChI=1S/C27H26ClIN2O4/c1-4-6-20-13-19(16-30-31-27(32)21-9-12-23(29)24(15-21)33-3)14-25(34-5-2)26(20)35-17-18-7-10-22(28)11-8-18/h4,7-16H,1,5-6,17H2,2-3H3,(H,31,32)/b30-16-. The molecular weight excluding hydrogens is 579 g/mol. The predicted octanol–water partition coefficient (Wildman–Crippen LogP) is 6.42. The Kier molecular flexibility index (Phi) is 9.98. The van der Waals surface area contributed by atoms with Gasteiger partial charge >= 0.3 is 0 Å². The van der Waals surface area contributed by atoms with Crippen molar-refractivity contribution in [1.29, 1.82) is 0 Å². The van der Waals surface area contributed by atoms with Gasteiger partial charge in [0.25, 0.3) is 5.91 Å². The lowest BCUT2D eigenvalue weighted by molar-refractivity contribution is 0.0954. The second kappa shape index (κ2) is 13.2.